The van der Waals surface area contributed by atoms with Crippen LogP contribution < -0.4 is 4.74 Å². The molecular formula is C23H28N2O3. The number of aryl methyl sites for hydroxylation is 2. The average Bonchev–Trinajstić information content (AvgIpc) is 2.69. The van der Waals surface area contributed by atoms with Crippen LogP contribution in [0.2, 0.25) is 0 Å². The fourth-order valence-corrected chi connectivity index (χ4v) is 3.73. The molecule has 2 fully saturated rings. The zero-order valence-electron chi connectivity index (χ0n) is 16.7. The molecule has 2 aliphatic rings. The van der Waals surface area contributed by atoms with Crippen LogP contribution in [0.3, 0.4) is 0 Å². The molecule has 0 radical (unpaired) electrons. The van der Waals surface area contributed by atoms with Gasteiger partial charge in [0, 0.05) is 38.3 Å². The molecule has 5 heteroatoms. The van der Waals surface area contributed by atoms with Crippen molar-refractivity contribution in [1.82, 2.24) is 9.80 Å². The summed E-state index contributed by atoms with van der Waals surface area (Å²) in [6, 6.07) is 14.2. The van der Waals surface area contributed by atoms with Crippen LogP contribution in [-0.2, 0) is 11.3 Å². The lowest BCUT2D eigenvalue weighted by Crippen LogP contribution is -2.53. The van der Waals surface area contributed by atoms with Gasteiger partial charge in [-0.25, -0.2) is 0 Å². The molecule has 0 bridgehead atoms. The number of benzene rings is 2. The van der Waals surface area contributed by atoms with Gasteiger partial charge < -0.3 is 14.4 Å². The molecule has 0 aromatic heterocycles. The molecule has 0 unspecified atom stereocenters. The highest BCUT2D eigenvalue weighted by Crippen LogP contribution is 2.22. The predicted octanol–water partition coefficient (Wildman–Crippen LogP) is 3.04. The first-order valence-electron chi connectivity index (χ1n) is 10.0. The number of carbonyl (C=O) groups is 1. The van der Waals surface area contributed by atoms with Crippen molar-refractivity contribution in [2.24, 2.45) is 0 Å². The second-order valence-corrected chi connectivity index (χ2v) is 7.78. The molecule has 1 amide bonds. The van der Waals surface area contributed by atoms with Gasteiger partial charge in [0.15, 0.2) is 0 Å². The maximum atomic E-state index is 12.6. The molecule has 2 heterocycles. The SMILES string of the molecule is Cc1ccc(CN2CC(Oc3cccc(C(=O)N4CCOCC4)c3)C2)cc1C. The molecule has 0 atom stereocenters. The van der Waals surface area contributed by atoms with E-state index in [9.17, 15) is 4.79 Å². The summed E-state index contributed by atoms with van der Waals surface area (Å²) >= 11 is 0. The van der Waals surface area contributed by atoms with Crippen LogP contribution in [0.4, 0.5) is 0 Å². The molecule has 5 nitrogen and oxygen atoms in total. The van der Waals surface area contributed by atoms with Crippen molar-refractivity contribution in [3.63, 3.8) is 0 Å². The van der Waals surface area contributed by atoms with Gasteiger partial charge in [-0.15, -0.1) is 0 Å². The highest BCUT2D eigenvalue weighted by atomic mass is 16.5. The summed E-state index contributed by atoms with van der Waals surface area (Å²) in [6.45, 7) is 9.61. The maximum absolute atomic E-state index is 12.6. The van der Waals surface area contributed by atoms with Crippen LogP contribution in [0.15, 0.2) is 42.5 Å². The summed E-state index contributed by atoms with van der Waals surface area (Å²) in [5.74, 6) is 0.827. The number of hydrogen-bond donors (Lipinski definition) is 0. The first-order valence-corrected chi connectivity index (χ1v) is 10.0. The van der Waals surface area contributed by atoms with Crippen LogP contribution in [0.25, 0.3) is 0 Å². The summed E-state index contributed by atoms with van der Waals surface area (Å²) in [4.78, 5) is 16.9. The van der Waals surface area contributed by atoms with Gasteiger partial charge in [0.1, 0.15) is 11.9 Å². The Kier molecular flexibility index (Phi) is 5.64. The normalized spacial score (nSPS) is 18.0. The van der Waals surface area contributed by atoms with Crippen molar-refractivity contribution in [2.45, 2.75) is 26.5 Å². The van der Waals surface area contributed by atoms with Crippen LogP contribution in [-0.4, -0.2) is 61.2 Å². The molecule has 28 heavy (non-hydrogen) atoms. The van der Waals surface area contributed by atoms with Gasteiger partial charge in [-0.2, -0.15) is 0 Å². The molecule has 2 aliphatic heterocycles. The number of carbonyl (C=O) groups excluding carboxylic acids is 1. The summed E-state index contributed by atoms with van der Waals surface area (Å²) in [7, 11) is 0. The fraction of sp³-hybridized carbons (Fsp3) is 0.435. The monoisotopic (exact) mass is 380 g/mol. The molecule has 0 aliphatic carbocycles. The second kappa shape index (κ2) is 8.33. The minimum Gasteiger partial charge on any atom is -0.488 e. The summed E-state index contributed by atoms with van der Waals surface area (Å²) in [5, 5.41) is 0. The first-order chi connectivity index (χ1) is 13.6. The van der Waals surface area contributed by atoms with Gasteiger partial charge in [-0.3, -0.25) is 9.69 Å². The van der Waals surface area contributed by atoms with E-state index in [0.717, 1.165) is 25.4 Å². The van der Waals surface area contributed by atoms with Crippen molar-refractivity contribution < 1.29 is 14.3 Å². The number of amides is 1. The van der Waals surface area contributed by atoms with E-state index in [1.807, 2.05) is 29.2 Å². The van der Waals surface area contributed by atoms with E-state index in [2.05, 4.69) is 36.9 Å². The van der Waals surface area contributed by atoms with E-state index in [1.54, 1.807) is 0 Å². The highest BCUT2D eigenvalue weighted by molar-refractivity contribution is 5.94. The lowest BCUT2D eigenvalue weighted by atomic mass is 10.0. The van der Waals surface area contributed by atoms with E-state index >= 15 is 0 Å². The smallest absolute Gasteiger partial charge is 0.254 e. The van der Waals surface area contributed by atoms with E-state index < -0.39 is 0 Å². The van der Waals surface area contributed by atoms with Gasteiger partial charge >= 0.3 is 0 Å². The molecule has 0 saturated carbocycles. The Balaban J connectivity index is 1.29. The van der Waals surface area contributed by atoms with Gasteiger partial charge in [0.25, 0.3) is 5.91 Å². The third-order valence-electron chi connectivity index (χ3n) is 5.58. The molecule has 148 valence electrons. The Morgan fingerprint density at radius 2 is 1.86 bits per heavy atom. The Morgan fingerprint density at radius 3 is 2.61 bits per heavy atom. The zero-order chi connectivity index (χ0) is 19.5. The van der Waals surface area contributed by atoms with Crippen LogP contribution >= 0.6 is 0 Å². The maximum Gasteiger partial charge on any atom is 0.254 e. The predicted molar refractivity (Wildman–Crippen MR) is 109 cm³/mol. The number of hydrogen-bond acceptors (Lipinski definition) is 4. The molecule has 2 aromatic carbocycles. The Hall–Kier alpha value is -2.37. The third-order valence-corrected chi connectivity index (χ3v) is 5.58. The third kappa shape index (κ3) is 4.37. The van der Waals surface area contributed by atoms with E-state index in [-0.39, 0.29) is 12.0 Å². The standard InChI is InChI=1S/C23H28N2O3/c1-17-6-7-19(12-18(17)2)14-24-15-22(16-24)28-21-5-3-4-20(13-21)23(26)25-8-10-27-11-9-25/h3-7,12-13,22H,8-11,14-16H2,1-2H3. The van der Waals surface area contributed by atoms with Gasteiger partial charge in [0.2, 0.25) is 0 Å². The highest BCUT2D eigenvalue weighted by Gasteiger charge is 2.28. The quantitative estimate of drug-likeness (QED) is 0.800. The van der Waals surface area contributed by atoms with Crippen LogP contribution in [0, 0.1) is 13.8 Å². The number of nitrogens with zero attached hydrogens (tertiary/aromatic N) is 2. The Bertz CT molecular complexity index is 839. The summed E-state index contributed by atoms with van der Waals surface area (Å²) < 4.78 is 11.4. The van der Waals surface area contributed by atoms with Crippen molar-refractivity contribution in [2.75, 3.05) is 39.4 Å². The van der Waals surface area contributed by atoms with E-state index in [4.69, 9.17) is 9.47 Å². The van der Waals surface area contributed by atoms with E-state index in [1.165, 1.54) is 16.7 Å². The van der Waals surface area contributed by atoms with Crippen LogP contribution in [0.1, 0.15) is 27.0 Å². The Morgan fingerprint density at radius 1 is 1.07 bits per heavy atom. The molecule has 2 saturated heterocycles. The number of rotatable bonds is 5. The van der Waals surface area contributed by atoms with Gasteiger partial charge in [-0.1, -0.05) is 24.3 Å². The van der Waals surface area contributed by atoms with Crippen molar-refractivity contribution in [3.05, 3.63) is 64.7 Å². The first kappa shape index (κ1) is 19.0. The number of morpholine rings is 1. The number of likely N-dealkylation sites (tertiary alicyclic amines) is 1. The molecule has 2 aromatic rings. The molecule has 4 rings (SSSR count). The minimum absolute atomic E-state index is 0.0544. The summed E-state index contributed by atoms with van der Waals surface area (Å²) in [5.41, 5.74) is 4.71. The van der Waals surface area contributed by atoms with Crippen molar-refractivity contribution in [1.29, 1.82) is 0 Å². The van der Waals surface area contributed by atoms with Crippen molar-refractivity contribution in [3.8, 4) is 5.75 Å². The van der Waals surface area contributed by atoms with E-state index in [0.29, 0.717) is 31.9 Å². The number of ether oxygens (including phenoxy) is 2. The minimum atomic E-state index is 0.0544. The van der Waals surface area contributed by atoms with Crippen LogP contribution in [0.5, 0.6) is 5.75 Å². The molecule has 0 spiro atoms. The zero-order valence-corrected chi connectivity index (χ0v) is 16.7. The van der Waals surface area contributed by atoms with Gasteiger partial charge in [0.05, 0.1) is 13.2 Å². The molecule has 0 N–H and O–H groups in total. The fourth-order valence-electron chi connectivity index (χ4n) is 3.73. The average molecular weight is 380 g/mol. The van der Waals surface area contributed by atoms with Crippen molar-refractivity contribution >= 4 is 5.91 Å². The summed E-state index contributed by atoms with van der Waals surface area (Å²) in [6.07, 6.45) is 0.181. The molecular weight excluding hydrogens is 352 g/mol. The lowest BCUT2D eigenvalue weighted by Gasteiger charge is -2.39. The van der Waals surface area contributed by atoms with Gasteiger partial charge in [-0.05, 0) is 48.7 Å². The largest absolute Gasteiger partial charge is 0.488 e. The Labute approximate surface area is 166 Å². The second-order valence-electron chi connectivity index (χ2n) is 7.78. The lowest BCUT2D eigenvalue weighted by molar-refractivity contribution is 0.0143. The topological polar surface area (TPSA) is 42.0 Å².